The molecule has 0 saturated carbocycles. The Bertz CT molecular complexity index is 1920. The van der Waals surface area contributed by atoms with Crippen LogP contribution in [0.2, 0.25) is 0 Å². The van der Waals surface area contributed by atoms with Crippen LogP contribution in [0.25, 0.3) is 11.4 Å². The molecular weight excluding hydrogens is 552 g/mol. The molecule has 1 aliphatic rings. The van der Waals surface area contributed by atoms with Gasteiger partial charge in [0.1, 0.15) is 11.4 Å². The molecule has 210 valence electrons. The largest absolute Gasteiger partial charge is 0.383 e. The fraction of sp³-hybridized carbons (Fsp3) is 0.160. The number of rotatable bonds is 6. The Labute approximate surface area is 233 Å². The van der Waals surface area contributed by atoms with Crippen LogP contribution >= 0.6 is 0 Å². The number of aromatic nitrogens is 4. The summed E-state index contributed by atoms with van der Waals surface area (Å²) in [6.07, 6.45) is 1.16. The van der Waals surface area contributed by atoms with E-state index < -0.39 is 33.4 Å². The monoisotopic (exact) mass is 576 g/mol. The second-order valence-electron chi connectivity index (χ2n) is 9.12. The third-order valence-corrected chi connectivity index (χ3v) is 7.46. The Morgan fingerprint density at radius 3 is 2.29 bits per heavy atom. The van der Waals surface area contributed by atoms with Crippen molar-refractivity contribution < 1.29 is 18.0 Å². The molecule has 15 nitrogen and oxygen atoms in total. The molecule has 2 amide bonds. The molecule has 0 radical (unpaired) electrons. The Kier molecular flexibility index (Phi) is 6.72. The van der Waals surface area contributed by atoms with Gasteiger partial charge in [-0.05, 0) is 50.2 Å². The summed E-state index contributed by atoms with van der Waals surface area (Å²) in [5.41, 5.74) is 7.34. The van der Waals surface area contributed by atoms with Gasteiger partial charge in [-0.25, -0.2) is 22.9 Å². The van der Waals surface area contributed by atoms with E-state index in [0.717, 1.165) is 6.20 Å². The van der Waals surface area contributed by atoms with E-state index in [4.69, 9.17) is 10.9 Å². The average molecular weight is 577 g/mol. The number of azo groups is 1. The summed E-state index contributed by atoms with van der Waals surface area (Å²) in [7, 11) is -2.20. The molecule has 2 aromatic carbocycles. The molecule has 2 aromatic heterocycles. The maximum atomic E-state index is 13.2. The maximum absolute atomic E-state index is 13.2. The second kappa shape index (κ2) is 10.1. The summed E-state index contributed by atoms with van der Waals surface area (Å²) in [6.45, 7) is 3.21. The van der Waals surface area contributed by atoms with E-state index in [-0.39, 0.29) is 27.7 Å². The normalized spacial score (nSPS) is 15.6. The number of carbonyl (C=O) groups excluding carboxylic acids is 2. The highest BCUT2D eigenvalue weighted by Crippen LogP contribution is 2.24. The lowest BCUT2D eigenvalue weighted by molar-refractivity contribution is -0.127. The molecule has 41 heavy (non-hydrogen) atoms. The van der Waals surface area contributed by atoms with Gasteiger partial charge in [0.25, 0.3) is 17.4 Å². The van der Waals surface area contributed by atoms with Crippen LogP contribution in [0.5, 0.6) is 0 Å². The highest BCUT2D eigenvalue weighted by molar-refractivity contribution is 7.89. The van der Waals surface area contributed by atoms with Gasteiger partial charge in [0.2, 0.25) is 10.0 Å². The summed E-state index contributed by atoms with van der Waals surface area (Å²) < 4.78 is 27.3. The van der Waals surface area contributed by atoms with Crippen LogP contribution < -0.4 is 16.4 Å². The smallest absolute Gasteiger partial charge is 0.299 e. The van der Waals surface area contributed by atoms with Gasteiger partial charge < -0.3 is 5.73 Å². The number of nitrogens with two attached hydrogens (primary N) is 2. The molecule has 5 rings (SSSR count). The SMILES string of the molecule is CC1=NN(C(=O)c2cnn(-c3ccc(S(N)(=O)=O)cc3)c2N)C(=O)C1N=Nc1c(C)n(C)n(-c2ccccc2)c1=O. The second-order valence-corrected chi connectivity index (χ2v) is 10.7. The molecule has 3 heterocycles. The van der Waals surface area contributed by atoms with Crippen LogP contribution in [0, 0.1) is 6.92 Å². The predicted octanol–water partition coefficient (Wildman–Crippen LogP) is 1.41. The number of carbonyl (C=O) groups is 2. The van der Waals surface area contributed by atoms with E-state index >= 15 is 0 Å². The van der Waals surface area contributed by atoms with Crippen molar-refractivity contribution in [2.75, 3.05) is 5.73 Å². The molecular formula is C25H24N10O5S. The molecule has 16 heteroatoms. The number of anilines is 1. The van der Waals surface area contributed by atoms with Crippen molar-refractivity contribution in [3.8, 4) is 11.4 Å². The number of benzene rings is 2. The van der Waals surface area contributed by atoms with E-state index in [1.165, 1.54) is 40.6 Å². The van der Waals surface area contributed by atoms with E-state index in [1.54, 1.807) is 42.9 Å². The molecule has 4 N–H and O–H groups in total. The molecule has 0 saturated heterocycles. The number of imide groups is 1. The van der Waals surface area contributed by atoms with Crippen LogP contribution in [-0.2, 0) is 21.9 Å². The number of amides is 2. The summed E-state index contributed by atoms with van der Waals surface area (Å²) in [5, 5.41) is 22.0. The van der Waals surface area contributed by atoms with Crippen molar-refractivity contribution >= 4 is 39.1 Å². The molecule has 0 fully saturated rings. The number of primary sulfonamides is 1. The topological polar surface area (TPSA) is 205 Å². The van der Waals surface area contributed by atoms with Crippen molar-refractivity contribution in [1.82, 2.24) is 24.2 Å². The van der Waals surface area contributed by atoms with Crippen LogP contribution in [-0.4, -0.2) is 56.1 Å². The summed E-state index contributed by atoms with van der Waals surface area (Å²) in [6, 6.07) is 13.1. The third kappa shape index (κ3) is 4.74. The fourth-order valence-corrected chi connectivity index (χ4v) is 4.75. The van der Waals surface area contributed by atoms with E-state index in [0.29, 0.717) is 22.1 Å². The first-order valence-electron chi connectivity index (χ1n) is 12.0. The van der Waals surface area contributed by atoms with Gasteiger partial charge in [0.05, 0.1) is 33.9 Å². The van der Waals surface area contributed by atoms with Gasteiger partial charge in [-0.2, -0.15) is 20.3 Å². The minimum atomic E-state index is -3.90. The molecule has 1 unspecified atom stereocenters. The molecule has 1 atom stereocenters. The lowest BCUT2D eigenvalue weighted by Crippen LogP contribution is -2.34. The number of sulfonamides is 1. The van der Waals surface area contributed by atoms with Crippen LogP contribution in [0.4, 0.5) is 11.5 Å². The fourth-order valence-electron chi connectivity index (χ4n) is 4.24. The first kappa shape index (κ1) is 27.4. The Morgan fingerprint density at radius 2 is 1.66 bits per heavy atom. The van der Waals surface area contributed by atoms with Gasteiger partial charge in [-0.3, -0.25) is 19.1 Å². The molecule has 0 spiro atoms. The summed E-state index contributed by atoms with van der Waals surface area (Å²) in [4.78, 5) is 39.4. The number of hydrogen-bond donors (Lipinski definition) is 2. The van der Waals surface area contributed by atoms with Crippen molar-refractivity contribution in [3.63, 3.8) is 0 Å². The first-order chi connectivity index (χ1) is 19.4. The number of nitrogen functional groups attached to an aromatic ring is 1. The number of nitrogens with zero attached hydrogens (tertiary/aromatic N) is 8. The Hall–Kier alpha value is -5.22. The molecule has 1 aliphatic heterocycles. The molecule has 0 bridgehead atoms. The Morgan fingerprint density at radius 1 is 1.00 bits per heavy atom. The van der Waals surface area contributed by atoms with Crippen molar-refractivity contribution in [3.05, 3.63) is 82.4 Å². The zero-order valence-electron chi connectivity index (χ0n) is 22.0. The van der Waals surface area contributed by atoms with Gasteiger partial charge >= 0.3 is 0 Å². The van der Waals surface area contributed by atoms with Crippen LogP contribution in [0.1, 0.15) is 23.0 Å². The maximum Gasteiger partial charge on any atom is 0.299 e. The number of hydrogen-bond acceptors (Lipinski definition) is 10. The number of hydrazone groups is 1. The van der Waals surface area contributed by atoms with Crippen molar-refractivity contribution in [1.29, 1.82) is 0 Å². The predicted molar refractivity (Wildman–Crippen MR) is 148 cm³/mol. The summed E-state index contributed by atoms with van der Waals surface area (Å²) in [5.74, 6) is -1.73. The molecule has 4 aromatic rings. The average Bonchev–Trinajstić information content (AvgIpc) is 3.53. The van der Waals surface area contributed by atoms with Crippen molar-refractivity contribution in [2.45, 2.75) is 24.8 Å². The minimum absolute atomic E-state index is 0.0423. The van der Waals surface area contributed by atoms with Gasteiger partial charge in [-0.15, -0.1) is 5.11 Å². The lowest BCUT2D eigenvalue weighted by atomic mass is 10.2. The van der Waals surface area contributed by atoms with Crippen LogP contribution in [0.3, 0.4) is 0 Å². The highest BCUT2D eigenvalue weighted by Gasteiger charge is 2.39. The van der Waals surface area contributed by atoms with Crippen molar-refractivity contribution in [2.24, 2.45) is 27.5 Å². The first-order valence-corrected chi connectivity index (χ1v) is 13.6. The lowest BCUT2D eigenvalue weighted by Gasteiger charge is -2.10. The van der Waals surface area contributed by atoms with Gasteiger partial charge in [0.15, 0.2) is 11.7 Å². The third-order valence-electron chi connectivity index (χ3n) is 6.53. The zero-order valence-corrected chi connectivity index (χ0v) is 22.8. The quantitative estimate of drug-likeness (QED) is 0.255. The zero-order chi connectivity index (χ0) is 29.6. The van der Waals surface area contributed by atoms with E-state index in [2.05, 4.69) is 20.4 Å². The summed E-state index contributed by atoms with van der Waals surface area (Å²) >= 11 is 0. The van der Waals surface area contributed by atoms with Crippen LogP contribution in [0.15, 0.2) is 85.8 Å². The number of para-hydroxylation sites is 1. The van der Waals surface area contributed by atoms with E-state index in [9.17, 15) is 22.8 Å². The van der Waals surface area contributed by atoms with Gasteiger partial charge in [0, 0.05) is 7.05 Å². The minimum Gasteiger partial charge on any atom is -0.383 e. The Balaban J connectivity index is 1.39. The standard InChI is InChI=1S/C25H24N10O5S/c1-14-20(29-30-21-15(2)32(3)35(25(21)38)17-7-5-4-6-8-17)24(37)34(31-14)23(36)19-13-28-33(22(19)26)16-9-11-18(12-10-16)41(27,39)40/h4-13,20H,26H2,1-3H3,(H2,27,39,40). The highest BCUT2D eigenvalue weighted by atomic mass is 32.2. The molecule has 0 aliphatic carbocycles. The van der Waals surface area contributed by atoms with Gasteiger partial charge in [-0.1, -0.05) is 18.2 Å². The van der Waals surface area contributed by atoms with E-state index in [1.807, 2.05) is 6.07 Å².